The average Bonchev–Trinajstić information content (AvgIpc) is 2.61. The molecule has 0 saturated heterocycles. The molecule has 0 fully saturated rings. The Morgan fingerprint density at radius 2 is 1.67 bits per heavy atom. The number of esters is 2. The van der Waals surface area contributed by atoms with Gasteiger partial charge < -0.3 is 23.7 Å². The van der Waals surface area contributed by atoms with Gasteiger partial charge in [0.1, 0.15) is 23.7 Å². The number of pyridine rings is 1. The summed E-state index contributed by atoms with van der Waals surface area (Å²) >= 11 is 0. The molecule has 0 unspecified atom stereocenters. The lowest BCUT2D eigenvalue weighted by Crippen LogP contribution is -2.23. The number of hydrogen-bond acceptors (Lipinski definition) is 8. The molecule has 0 amide bonds. The first kappa shape index (κ1) is 22.9. The highest BCUT2D eigenvalue weighted by Gasteiger charge is 2.15. The highest BCUT2D eigenvalue weighted by Crippen LogP contribution is 2.10. The Morgan fingerprint density at radius 1 is 1.00 bits per heavy atom. The van der Waals surface area contributed by atoms with Gasteiger partial charge in [0.2, 0.25) is 0 Å². The van der Waals surface area contributed by atoms with E-state index < -0.39 is 11.6 Å². The van der Waals surface area contributed by atoms with Crippen molar-refractivity contribution in [2.45, 2.75) is 39.2 Å². The van der Waals surface area contributed by atoms with Crippen molar-refractivity contribution in [3.05, 3.63) is 24.0 Å². The van der Waals surface area contributed by atoms with Gasteiger partial charge in [-0.15, -0.1) is 0 Å². The van der Waals surface area contributed by atoms with Crippen molar-refractivity contribution in [3.8, 4) is 5.75 Å². The van der Waals surface area contributed by atoms with E-state index in [1.165, 1.54) is 19.4 Å². The molecule has 1 rings (SSSR count). The first-order chi connectivity index (χ1) is 12.8. The minimum atomic E-state index is -0.490. The summed E-state index contributed by atoms with van der Waals surface area (Å²) < 4.78 is 26.0. The van der Waals surface area contributed by atoms with Gasteiger partial charge in [-0.05, 0) is 39.3 Å². The van der Waals surface area contributed by atoms with Crippen LogP contribution in [0.3, 0.4) is 0 Å². The normalized spacial score (nSPS) is 11.1. The van der Waals surface area contributed by atoms with Crippen LogP contribution < -0.4 is 4.74 Å². The smallest absolute Gasteiger partial charge is 0.356 e. The fourth-order valence-corrected chi connectivity index (χ4v) is 1.94. The molecule has 152 valence electrons. The summed E-state index contributed by atoms with van der Waals surface area (Å²) in [6, 6.07) is 3.18. The third-order valence-corrected chi connectivity index (χ3v) is 3.09. The maximum absolute atomic E-state index is 11.5. The van der Waals surface area contributed by atoms with Crippen LogP contribution in [0.25, 0.3) is 0 Å². The Balaban J connectivity index is 1.97. The molecular weight excluding hydrogens is 354 g/mol. The van der Waals surface area contributed by atoms with Gasteiger partial charge in [0.15, 0.2) is 0 Å². The van der Waals surface area contributed by atoms with Crippen molar-refractivity contribution in [1.29, 1.82) is 0 Å². The second-order valence-corrected chi connectivity index (χ2v) is 6.63. The maximum Gasteiger partial charge on any atom is 0.356 e. The fraction of sp³-hybridized carbons (Fsp3) is 0.632. The summed E-state index contributed by atoms with van der Waals surface area (Å²) in [5.74, 6) is -0.158. The standard InChI is InChI=1S/C19H29NO7/c1-19(2,3)27-17(21)6-5-9-24-10-11-25-12-13-26-15-7-8-16(20-14-15)18(22)23-4/h7-8,14H,5-6,9-13H2,1-4H3. The Labute approximate surface area is 160 Å². The molecule has 1 aromatic rings. The van der Waals surface area contributed by atoms with Crippen molar-refractivity contribution >= 4 is 11.9 Å². The zero-order valence-corrected chi connectivity index (χ0v) is 16.5. The van der Waals surface area contributed by atoms with E-state index in [0.29, 0.717) is 51.6 Å². The number of rotatable bonds is 12. The molecule has 1 heterocycles. The Hall–Kier alpha value is -2.19. The Bertz CT molecular complexity index is 566. The Morgan fingerprint density at radius 3 is 2.26 bits per heavy atom. The highest BCUT2D eigenvalue weighted by atomic mass is 16.6. The van der Waals surface area contributed by atoms with Gasteiger partial charge in [-0.2, -0.15) is 0 Å². The zero-order chi connectivity index (χ0) is 20.1. The molecule has 0 N–H and O–H groups in total. The van der Waals surface area contributed by atoms with E-state index in [2.05, 4.69) is 9.72 Å². The number of methoxy groups -OCH3 is 1. The Kier molecular flexibility index (Phi) is 10.4. The van der Waals surface area contributed by atoms with Gasteiger partial charge in [-0.1, -0.05) is 0 Å². The van der Waals surface area contributed by atoms with E-state index >= 15 is 0 Å². The lowest BCUT2D eigenvalue weighted by molar-refractivity contribution is -0.155. The van der Waals surface area contributed by atoms with Crippen molar-refractivity contribution in [1.82, 2.24) is 4.98 Å². The molecule has 0 aliphatic heterocycles. The summed E-state index contributed by atoms with van der Waals surface area (Å²) in [4.78, 5) is 26.7. The number of nitrogens with zero attached hydrogens (tertiary/aromatic N) is 1. The summed E-state index contributed by atoms with van der Waals surface area (Å²) in [6.45, 7) is 7.66. The van der Waals surface area contributed by atoms with Crippen molar-refractivity contribution in [3.63, 3.8) is 0 Å². The summed E-state index contributed by atoms with van der Waals surface area (Å²) in [5, 5.41) is 0. The van der Waals surface area contributed by atoms with Crippen LogP contribution in [0.5, 0.6) is 5.75 Å². The van der Waals surface area contributed by atoms with Crippen LogP contribution in [-0.2, 0) is 23.7 Å². The maximum atomic E-state index is 11.5. The molecule has 0 bridgehead atoms. The molecule has 0 spiro atoms. The number of aromatic nitrogens is 1. The molecule has 0 saturated carbocycles. The predicted molar refractivity (Wildman–Crippen MR) is 97.8 cm³/mol. The molecule has 1 aromatic heterocycles. The molecule has 0 aliphatic carbocycles. The van der Waals surface area contributed by atoms with Crippen LogP contribution in [0.1, 0.15) is 44.1 Å². The molecule has 0 aromatic carbocycles. The first-order valence-corrected chi connectivity index (χ1v) is 8.86. The summed E-state index contributed by atoms with van der Waals surface area (Å²) in [6.07, 6.45) is 2.42. The molecule has 0 atom stereocenters. The number of carbonyl (C=O) groups is 2. The molecule has 0 radical (unpaired) electrons. The van der Waals surface area contributed by atoms with Crippen LogP contribution in [0.4, 0.5) is 0 Å². The highest BCUT2D eigenvalue weighted by molar-refractivity contribution is 5.87. The van der Waals surface area contributed by atoms with Crippen molar-refractivity contribution in [2.24, 2.45) is 0 Å². The molecule has 8 heteroatoms. The van der Waals surface area contributed by atoms with Crippen molar-refractivity contribution < 1.29 is 33.3 Å². The van der Waals surface area contributed by atoms with E-state index in [4.69, 9.17) is 18.9 Å². The van der Waals surface area contributed by atoms with Crippen LogP contribution in [0.2, 0.25) is 0 Å². The van der Waals surface area contributed by atoms with E-state index in [1.807, 2.05) is 20.8 Å². The molecule has 8 nitrogen and oxygen atoms in total. The molecular formula is C19H29NO7. The van der Waals surface area contributed by atoms with Crippen LogP contribution in [0, 0.1) is 0 Å². The number of carbonyl (C=O) groups excluding carboxylic acids is 2. The number of hydrogen-bond donors (Lipinski definition) is 0. The summed E-state index contributed by atoms with van der Waals surface area (Å²) in [5.41, 5.74) is -0.224. The third-order valence-electron chi connectivity index (χ3n) is 3.09. The zero-order valence-electron chi connectivity index (χ0n) is 16.5. The van der Waals surface area contributed by atoms with Gasteiger partial charge >= 0.3 is 11.9 Å². The SMILES string of the molecule is COC(=O)c1ccc(OCCOCCOCCCC(=O)OC(C)(C)C)cn1. The fourth-order valence-electron chi connectivity index (χ4n) is 1.94. The topological polar surface area (TPSA) is 93.2 Å². The van der Waals surface area contributed by atoms with Gasteiger partial charge in [-0.3, -0.25) is 4.79 Å². The minimum absolute atomic E-state index is 0.214. The van der Waals surface area contributed by atoms with E-state index in [9.17, 15) is 9.59 Å². The first-order valence-electron chi connectivity index (χ1n) is 8.86. The quantitative estimate of drug-likeness (QED) is 0.401. The van der Waals surface area contributed by atoms with E-state index in [1.54, 1.807) is 6.07 Å². The van der Waals surface area contributed by atoms with Gasteiger partial charge in [-0.25, -0.2) is 9.78 Å². The lowest BCUT2D eigenvalue weighted by atomic mass is 10.2. The predicted octanol–water partition coefficient (Wildman–Crippen LogP) is 2.40. The van der Waals surface area contributed by atoms with Gasteiger partial charge in [0.05, 0.1) is 33.1 Å². The number of ether oxygens (including phenoxy) is 5. The monoisotopic (exact) mass is 383 g/mol. The minimum Gasteiger partial charge on any atom is -0.490 e. The molecule has 0 aliphatic rings. The average molecular weight is 383 g/mol. The largest absolute Gasteiger partial charge is 0.490 e. The second-order valence-electron chi connectivity index (χ2n) is 6.63. The van der Waals surface area contributed by atoms with Crippen molar-refractivity contribution in [2.75, 3.05) is 40.1 Å². The van der Waals surface area contributed by atoms with Crippen LogP contribution >= 0.6 is 0 Å². The summed E-state index contributed by atoms with van der Waals surface area (Å²) in [7, 11) is 1.30. The van der Waals surface area contributed by atoms with Gasteiger partial charge in [0.25, 0.3) is 0 Å². The second kappa shape index (κ2) is 12.2. The van der Waals surface area contributed by atoms with Crippen LogP contribution in [-0.4, -0.2) is 62.7 Å². The van der Waals surface area contributed by atoms with E-state index in [0.717, 1.165) is 0 Å². The van der Waals surface area contributed by atoms with E-state index in [-0.39, 0.29) is 11.7 Å². The molecule has 27 heavy (non-hydrogen) atoms. The van der Waals surface area contributed by atoms with Crippen LogP contribution in [0.15, 0.2) is 18.3 Å². The van der Waals surface area contributed by atoms with Gasteiger partial charge in [0, 0.05) is 13.0 Å². The lowest BCUT2D eigenvalue weighted by Gasteiger charge is -2.19. The third kappa shape index (κ3) is 11.2.